The number of rotatable bonds is 7. The number of benzene rings is 3. The summed E-state index contributed by atoms with van der Waals surface area (Å²) in [5.74, 6) is -4.42. The van der Waals surface area contributed by atoms with Crippen LogP contribution in [0, 0.1) is 5.92 Å². The molecule has 10 nitrogen and oxygen atoms in total. The summed E-state index contributed by atoms with van der Waals surface area (Å²) in [4.78, 5) is 58.6. The third kappa shape index (κ3) is 5.13. The van der Waals surface area contributed by atoms with E-state index in [2.05, 4.69) is 0 Å². The molecule has 0 aromatic heterocycles. The van der Waals surface area contributed by atoms with E-state index in [0.717, 1.165) is 5.06 Å². The number of fused-ring (bicyclic) bond motifs is 3. The van der Waals surface area contributed by atoms with Crippen LogP contribution in [-0.4, -0.2) is 58.4 Å². The van der Waals surface area contributed by atoms with Gasteiger partial charge in [0.15, 0.2) is 0 Å². The van der Waals surface area contributed by atoms with Crippen LogP contribution in [-0.2, 0) is 23.9 Å². The van der Waals surface area contributed by atoms with Crippen LogP contribution in [0.2, 0.25) is 0 Å². The summed E-state index contributed by atoms with van der Waals surface area (Å²) in [5.41, 5.74) is -0.109. The van der Waals surface area contributed by atoms with Crippen LogP contribution < -0.4 is 4.74 Å². The van der Waals surface area contributed by atoms with E-state index in [-0.39, 0.29) is 23.7 Å². The first-order valence-corrected chi connectivity index (χ1v) is 12.7. The van der Waals surface area contributed by atoms with Crippen molar-refractivity contribution in [2.45, 2.75) is 37.7 Å². The summed E-state index contributed by atoms with van der Waals surface area (Å²) in [7, 11) is 0. The normalized spacial score (nSPS) is 20.2. The Morgan fingerprint density at radius 3 is 1.93 bits per heavy atom. The van der Waals surface area contributed by atoms with Gasteiger partial charge in [-0.15, -0.1) is 0 Å². The molecule has 0 unspecified atom stereocenters. The average molecular weight is 546 g/mol. The molecule has 40 heavy (non-hydrogen) atoms. The Kier molecular flexibility index (Phi) is 7.27. The topological polar surface area (TPSA) is 129 Å². The van der Waals surface area contributed by atoms with Crippen molar-refractivity contribution in [2.24, 2.45) is 5.92 Å². The first kappa shape index (κ1) is 26.9. The van der Waals surface area contributed by atoms with Gasteiger partial charge in [0.05, 0.1) is 35.3 Å². The van der Waals surface area contributed by atoms with E-state index in [0.29, 0.717) is 11.3 Å². The molecule has 0 spiro atoms. The molecule has 0 aliphatic carbocycles. The Bertz CT molecular complexity index is 1420. The molecule has 0 radical (unpaired) electrons. The third-order valence-corrected chi connectivity index (χ3v) is 6.98. The Morgan fingerprint density at radius 1 is 0.825 bits per heavy atom. The number of hydroxylamine groups is 2. The molecule has 1 amide bonds. The quantitative estimate of drug-likeness (QED) is 0.441. The molecule has 206 valence electrons. The van der Waals surface area contributed by atoms with Crippen molar-refractivity contribution in [1.29, 1.82) is 0 Å². The number of nitrogens with zero attached hydrogens (tertiary/aromatic N) is 1. The van der Waals surface area contributed by atoms with Crippen LogP contribution in [0.3, 0.4) is 0 Å². The van der Waals surface area contributed by atoms with Gasteiger partial charge in [-0.05, 0) is 44.2 Å². The van der Waals surface area contributed by atoms with E-state index in [4.69, 9.17) is 19.0 Å². The lowest BCUT2D eigenvalue weighted by atomic mass is 9.81. The van der Waals surface area contributed by atoms with E-state index in [1.54, 1.807) is 74.5 Å². The van der Waals surface area contributed by atoms with Gasteiger partial charge in [0.2, 0.25) is 12.2 Å². The monoisotopic (exact) mass is 545 g/mol. The number of hydrogen-bond donors (Lipinski definition) is 1. The van der Waals surface area contributed by atoms with E-state index in [1.165, 1.54) is 24.3 Å². The molecule has 3 aromatic carbocycles. The minimum absolute atomic E-state index is 0.0614. The highest BCUT2D eigenvalue weighted by Gasteiger charge is 2.57. The molecule has 5 rings (SSSR count). The Hall–Kier alpha value is -4.70. The standard InChI is InChI=1S/C30H27NO9/c1-30(2)21-17-37-22-16-10-9-15-20(22)23(21)31(40-30)26(32)24(38-28(35)18-11-5-3-6-12-18)25(27(33)34)39-29(36)19-13-7-4-8-14-19/h3-16,21,23-25H,17H2,1-2H3,(H,33,34)/t21-,23+,24-,25-/m1/s1. The van der Waals surface area contributed by atoms with Gasteiger partial charge in [-0.25, -0.2) is 19.4 Å². The number of carboxylic acids is 1. The van der Waals surface area contributed by atoms with Gasteiger partial charge in [-0.2, -0.15) is 0 Å². The van der Waals surface area contributed by atoms with Gasteiger partial charge in [0, 0.05) is 5.56 Å². The van der Waals surface area contributed by atoms with Crippen molar-refractivity contribution in [3.63, 3.8) is 0 Å². The smallest absolute Gasteiger partial charge is 0.349 e. The summed E-state index contributed by atoms with van der Waals surface area (Å²) in [5, 5.41) is 11.1. The fraction of sp³-hybridized carbons (Fsp3) is 0.267. The lowest BCUT2D eigenvalue weighted by molar-refractivity contribution is -0.216. The van der Waals surface area contributed by atoms with E-state index in [1.807, 2.05) is 0 Å². The number of para-hydroxylation sites is 1. The summed E-state index contributed by atoms with van der Waals surface area (Å²) in [6.45, 7) is 3.80. The fourth-order valence-electron chi connectivity index (χ4n) is 4.90. The second-order valence-corrected chi connectivity index (χ2v) is 9.98. The molecule has 4 atom stereocenters. The zero-order valence-electron chi connectivity index (χ0n) is 21.8. The lowest BCUT2D eigenvalue weighted by Gasteiger charge is -2.34. The lowest BCUT2D eigenvalue weighted by Crippen LogP contribution is -2.51. The van der Waals surface area contributed by atoms with E-state index < -0.39 is 47.7 Å². The number of aliphatic carboxylic acids is 1. The van der Waals surface area contributed by atoms with Crippen LogP contribution >= 0.6 is 0 Å². The molecule has 2 heterocycles. The van der Waals surface area contributed by atoms with Gasteiger partial charge in [0.1, 0.15) is 5.75 Å². The summed E-state index contributed by atoms with van der Waals surface area (Å²) >= 11 is 0. The zero-order chi connectivity index (χ0) is 28.4. The molecule has 3 aromatic rings. The molecule has 1 fully saturated rings. The molecular weight excluding hydrogens is 518 g/mol. The number of amides is 1. The van der Waals surface area contributed by atoms with Gasteiger partial charge >= 0.3 is 17.9 Å². The fourth-order valence-corrected chi connectivity index (χ4v) is 4.90. The van der Waals surface area contributed by atoms with Crippen molar-refractivity contribution in [2.75, 3.05) is 6.61 Å². The number of carbonyl (C=O) groups is 4. The summed E-state index contributed by atoms with van der Waals surface area (Å²) in [6, 6.07) is 21.9. The van der Waals surface area contributed by atoms with Crippen LogP contribution in [0.15, 0.2) is 84.9 Å². The number of carboxylic acid groups (broad SMARTS) is 1. The number of esters is 2. The third-order valence-electron chi connectivity index (χ3n) is 6.98. The van der Waals surface area contributed by atoms with Crippen LogP contribution in [0.25, 0.3) is 0 Å². The second kappa shape index (κ2) is 10.8. The van der Waals surface area contributed by atoms with E-state index >= 15 is 0 Å². The molecule has 0 saturated carbocycles. The summed E-state index contributed by atoms with van der Waals surface area (Å²) < 4.78 is 16.7. The number of ether oxygens (including phenoxy) is 3. The second-order valence-electron chi connectivity index (χ2n) is 9.98. The van der Waals surface area contributed by atoms with Gasteiger partial charge < -0.3 is 19.3 Å². The Labute approximate surface area is 230 Å². The van der Waals surface area contributed by atoms with Crippen LogP contribution in [0.4, 0.5) is 0 Å². The minimum Gasteiger partial charge on any atom is -0.493 e. The maximum Gasteiger partial charge on any atom is 0.349 e. The largest absolute Gasteiger partial charge is 0.493 e. The van der Waals surface area contributed by atoms with Crippen molar-refractivity contribution in [1.82, 2.24) is 5.06 Å². The van der Waals surface area contributed by atoms with Gasteiger partial charge in [0.25, 0.3) is 5.91 Å². The van der Waals surface area contributed by atoms with Crippen molar-refractivity contribution >= 4 is 23.8 Å². The predicted octanol–water partition coefficient (Wildman–Crippen LogP) is 3.82. The predicted molar refractivity (Wildman–Crippen MR) is 139 cm³/mol. The molecule has 10 heteroatoms. The number of hydrogen-bond acceptors (Lipinski definition) is 8. The molecule has 2 aliphatic rings. The van der Waals surface area contributed by atoms with Crippen molar-refractivity contribution < 1.29 is 43.3 Å². The van der Waals surface area contributed by atoms with Crippen molar-refractivity contribution in [3.05, 3.63) is 102 Å². The molecule has 2 aliphatic heterocycles. The molecular formula is C30H27NO9. The first-order chi connectivity index (χ1) is 19.2. The van der Waals surface area contributed by atoms with Crippen LogP contribution in [0.1, 0.15) is 46.2 Å². The highest BCUT2D eigenvalue weighted by molar-refractivity contribution is 5.96. The van der Waals surface area contributed by atoms with Gasteiger partial charge in [-0.1, -0.05) is 54.6 Å². The SMILES string of the molecule is CC1(C)ON(C(=O)[C@H](OC(=O)c2ccccc2)[C@@H](OC(=O)c2ccccc2)C(=O)O)[C@H]2c3ccccc3OC[C@H]21. The highest BCUT2D eigenvalue weighted by atomic mass is 16.7. The molecule has 1 N–H and O–H groups in total. The van der Waals surface area contributed by atoms with E-state index in [9.17, 15) is 24.3 Å². The van der Waals surface area contributed by atoms with Gasteiger partial charge in [-0.3, -0.25) is 9.63 Å². The summed E-state index contributed by atoms with van der Waals surface area (Å²) in [6.07, 6.45) is -4.24. The first-order valence-electron chi connectivity index (χ1n) is 12.7. The minimum atomic E-state index is -2.17. The number of carbonyl (C=O) groups excluding carboxylic acids is 3. The Balaban J connectivity index is 1.53. The van der Waals surface area contributed by atoms with Crippen molar-refractivity contribution in [3.8, 4) is 5.75 Å². The molecule has 1 saturated heterocycles. The average Bonchev–Trinajstić information content (AvgIpc) is 3.25. The Morgan fingerprint density at radius 2 is 1.35 bits per heavy atom. The maximum atomic E-state index is 14.2. The van der Waals surface area contributed by atoms with Crippen LogP contribution in [0.5, 0.6) is 5.75 Å². The highest BCUT2D eigenvalue weighted by Crippen LogP contribution is 2.50. The zero-order valence-corrected chi connectivity index (χ0v) is 21.8. The molecule has 0 bridgehead atoms. The maximum absolute atomic E-state index is 14.2.